The Kier molecular flexibility index (Phi) is 2.86. The first-order chi connectivity index (χ1) is 6.19. The van der Waals surface area contributed by atoms with E-state index in [4.69, 9.17) is 5.26 Å². The van der Waals surface area contributed by atoms with Gasteiger partial charge in [0.2, 0.25) is 0 Å². The van der Waals surface area contributed by atoms with Crippen LogP contribution in [0.4, 0.5) is 5.82 Å². The number of hydrogen-bond acceptors (Lipinski definition) is 3. The van der Waals surface area contributed by atoms with E-state index in [1.54, 1.807) is 6.20 Å². The van der Waals surface area contributed by atoms with Crippen molar-refractivity contribution in [2.45, 2.75) is 19.8 Å². The molecule has 0 fully saturated rings. The van der Waals surface area contributed by atoms with E-state index in [-0.39, 0.29) is 0 Å². The predicted molar refractivity (Wildman–Crippen MR) is 52.6 cm³/mol. The van der Waals surface area contributed by atoms with Crippen molar-refractivity contribution in [3.8, 4) is 6.07 Å². The summed E-state index contributed by atoms with van der Waals surface area (Å²) in [4.78, 5) is 4.16. The highest BCUT2D eigenvalue weighted by Gasteiger charge is 2.07. The summed E-state index contributed by atoms with van der Waals surface area (Å²) in [7, 11) is 1.83. The molecule has 1 heterocycles. The molecular formula is C10H13N3. The molecule has 13 heavy (non-hydrogen) atoms. The molecule has 0 amide bonds. The zero-order valence-corrected chi connectivity index (χ0v) is 8.13. The molecule has 0 aliphatic carbocycles. The molecule has 0 spiro atoms. The molecule has 68 valence electrons. The predicted octanol–water partition coefficient (Wildman–Crippen LogP) is 2.12. The molecular weight excluding hydrogens is 162 g/mol. The Morgan fingerprint density at radius 1 is 1.54 bits per heavy atom. The smallest absolute Gasteiger partial charge is 0.129 e. The van der Waals surface area contributed by atoms with Crippen molar-refractivity contribution in [2.75, 3.05) is 12.4 Å². The first-order valence-electron chi connectivity index (χ1n) is 4.26. The molecule has 3 heteroatoms. The quantitative estimate of drug-likeness (QED) is 0.749. The lowest BCUT2D eigenvalue weighted by molar-refractivity contribution is 0.859. The van der Waals surface area contributed by atoms with Crippen LogP contribution >= 0.6 is 0 Å². The second kappa shape index (κ2) is 3.90. The first kappa shape index (κ1) is 9.53. The summed E-state index contributed by atoms with van der Waals surface area (Å²) in [5, 5.41) is 11.7. The van der Waals surface area contributed by atoms with Gasteiger partial charge in [-0.05, 0) is 17.5 Å². The molecule has 1 rings (SSSR count). The molecule has 0 bridgehead atoms. The van der Waals surface area contributed by atoms with Gasteiger partial charge in [0.25, 0.3) is 0 Å². The zero-order chi connectivity index (χ0) is 9.84. The maximum absolute atomic E-state index is 8.70. The fraction of sp³-hybridized carbons (Fsp3) is 0.400. The largest absolute Gasteiger partial charge is 0.373 e. The first-order valence-corrected chi connectivity index (χ1v) is 4.26. The van der Waals surface area contributed by atoms with E-state index in [0.717, 1.165) is 11.4 Å². The van der Waals surface area contributed by atoms with Gasteiger partial charge in [-0.1, -0.05) is 13.8 Å². The van der Waals surface area contributed by atoms with Crippen LogP contribution in [0.15, 0.2) is 12.3 Å². The number of pyridine rings is 1. The number of nitrogens with one attached hydrogen (secondary N) is 1. The van der Waals surface area contributed by atoms with Gasteiger partial charge in [-0.2, -0.15) is 5.26 Å². The Balaban J connectivity index is 3.20. The maximum Gasteiger partial charge on any atom is 0.129 e. The number of hydrogen-bond donors (Lipinski definition) is 1. The van der Waals surface area contributed by atoms with Crippen LogP contribution in [-0.2, 0) is 0 Å². The SMILES string of the molecule is CNc1ncc(C#N)cc1C(C)C. The number of aromatic nitrogens is 1. The number of anilines is 1. The molecule has 3 nitrogen and oxygen atoms in total. The van der Waals surface area contributed by atoms with Gasteiger partial charge in [0, 0.05) is 13.2 Å². The Labute approximate surface area is 78.4 Å². The van der Waals surface area contributed by atoms with Crippen molar-refractivity contribution >= 4 is 5.82 Å². The minimum absolute atomic E-state index is 0.378. The van der Waals surface area contributed by atoms with Crippen molar-refractivity contribution in [2.24, 2.45) is 0 Å². The average Bonchev–Trinajstić information content (AvgIpc) is 2.16. The van der Waals surface area contributed by atoms with Crippen molar-refractivity contribution in [1.29, 1.82) is 5.26 Å². The van der Waals surface area contributed by atoms with Gasteiger partial charge >= 0.3 is 0 Å². The highest BCUT2D eigenvalue weighted by atomic mass is 15.0. The Hall–Kier alpha value is -1.56. The molecule has 0 aliphatic rings. The summed E-state index contributed by atoms with van der Waals surface area (Å²) in [6, 6.07) is 3.96. The summed E-state index contributed by atoms with van der Waals surface area (Å²) >= 11 is 0. The number of nitriles is 1. The summed E-state index contributed by atoms with van der Waals surface area (Å²) in [5.74, 6) is 1.23. The number of rotatable bonds is 2. The third kappa shape index (κ3) is 1.97. The Morgan fingerprint density at radius 2 is 2.23 bits per heavy atom. The van der Waals surface area contributed by atoms with Crippen LogP contribution in [0.3, 0.4) is 0 Å². The third-order valence-electron chi connectivity index (χ3n) is 1.91. The summed E-state index contributed by atoms with van der Waals surface area (Å²) in [6.07, 6.45) is 1.58. The second-order valence-corrected chi connectivity index (χ2v) is 3.18. The molecule has 0 saturated heterocycles. The van der Waals surface area contributed by atoms with Crippen molar-refractivity contribution < 1.29 is 0 Å². The number of nitrogens with zero attached hydrogens (tertiary/aromatic N) is 2. The van der Waals surface area contributed by atoms with Crippen molar-refractivity contribution in [3.05, 3.63) is 23.4 Å². The monoisotopic (exact) mass is 175 g/mol. The van der Waals surface area contributed by atoms with Crippen molar-refractivity contribution in [1.82, 2.24) is 4.98 Å². The summed E-state index contributed by atoms with van der Waals surface area (Å²) < 4.78 is 0. The molecule has 0 saturated carbocycles. The lowest BCUT2D eigenvalue weighted by Crippen LogP contribution is -2.00. The topological polar surface area (TPSA) is 48.7 Å². The van der Waals surface area contributed by atoms with E-state index in [1.807, 2.05) is 13.1 Å². The van der Waals surface area contributed by atoms with E-state index in [9.17, 15) is 0 Å². The van der Waals surface area contributed by atoms with Crippen LogP contribution in [0.25, 0.3) is 0 Å². The van der Waals surface area contributed by atoms with E-state index >= 15 is 0 Å². The van der Waals surface area contributed by atoms with Gasteiger partial charge in [-0.3, -0.25) is 0 Å². The highest BCUT2D eigenvalue weighted by Crippen LogP contribution is 2.22. The van der Waals surface area contributed by atoms with E-state index in [0.29, 0.717) is 11.5 Å². The van der Waals surface area contributed by atoms with Gasteiger partial charge < -0.3 is 5.32 Å². The molecule has 1 N–H and O–H groups in total. The van der Waals surface area contributed by atoms with E-state index in [1.165, 1.54) is 0 Å². The molecule has 1 aromatic heterocycles. The summed E-state index contributed by atoms with van der Waals surface area (Å²) in [5.41, 5.74) is 1.70. The van der Waals surface area contributed by atoms with Crippen LogP contribution in [0.1, 0.15) is 30.9 Å². The van der Waals surface area contributed by atoms with Crippen LogP contribution in [0.2, 0.25) is 0 Å². The molecule has 0 aliphatic heterocycles. The van der Waals surface area contributed by atoms with Crippen LogP contribution in [0, 0.1) is 11.3 Å². The molecule has 0 unspecified atom stereocenters. The van der Waals surface area contributed by atoms with Crippen LogP contribution in [0.5, 0.6) is 0 Å². The lowest BCUT2D eigenvalue weighted by atomic mass is 10.0. The summed E-state index contributed by atoms with van der Waals surface area (Å²) in [6.45, 7) is 4.16. The van der Waals surface area contributed by atoms with Gasteiger partial charge in [0.1, 0.15) is 11.9 Å². The van der Waals surface area contributed by atoms with Gasteiger partial charge in [-0.25, -0.2) is 4.98 Å². The van der Waals surface area contributed by atoms with Gasteiger partial charge in [0.05, 0.1) is 5.56 Å². The van der Waals surface area contributed by atoms with Crippen molar-refractivity contribution in [3.63, 3.8) is 0 Å². The Bertz CT molecular complexity index is 337. The standard InChI is InChI=1S/C10H13N3/c1-7(2)9-4-8(5-11)6-13-10(9)12-3/h4,6-7H,1-3H3,(H,12,13). The molecule has 0 radical (unpaired) electrons. The minimum Gasteiger partial charge on any atom is -0.373 e. The van der Waals surface area contributed by atoms with E-state index in [2.05, 4.69) is 30.2 Å². The second-order valence-electron chi connectivity index (χ2n) is 3.18. The fourth-order valence-electron chi connectivity index (χ4n) is 1.19. The zero-order valence-electron chi connectivity index (χ0n) is 8.13. The van der Waals surface area contributed by atoms with Gasteiger partial charge in [-0.15, -0.1) is 0 Å². The minimum atomic E-state index is 0.378. The van der Waals surface area contributed by atoms with E-state index < -0.39 is 0 Å². The molecule has 1 aromatic rings. The highest BCUT2D eigenvalue weighted by molar-refractivity contribution is 5.48. The average molecular weight is 175 g/mol. The molecule has 0 aromatic carbocycles. The molecule has 0 atom stereocenters. The Morgan fingerprint density at radius 3 is 2.69 bits per heavy atom. The maximum atomic E-state index is 8.70. The lowest BCUT2D eigenvalue weighted by Gasteiger charge is -2.10. The van der Waals surface area contributed by atoms with Gasteiger partial charge in [0.15, 0.2) is 0 Å². The van der Waals surface area contributed by atoms with Crippen LogP contribution in [-0.4, -0.2) is 12.0 Å². The normalized spacial score (nSPS) is 9.77. The fourth-order valence-corrected chi connectivity index (χ4v) is 1.19. The van der Waals surface area contributed by atoms with Crippen LogP contribution < -0.4 is 5.32 Å². The third-order valence-corrected chi connectivity index (χ3v) is 1.91.